The number of aliphatic hydroxyl groups is 1. The summed E-state index contributed by atoms with van der Waals surface area (Å²) in [5, 5.41) is 9.34. The van der Waals surface area contributed by atoms with Gasteiger partial charge in [0.15, 0.2) is 0 Å². The van der Waals surface area contributed by atoms with Gasteiger partial charge in [-0.3, -0.25) is 4.79 Å². The van der Waals surface area contributed by atoms with Gasteiger partial charge in [-0.15, -0.1) is 0 Å². The summed E-state index contributed by atoms with van der Waals surface area (Å²) in [5.41, 5.74) is 9.04. The number of pyridine rings is 1. The number of aliphatic hydroxyl groups excluding tert-OH is 1. The lowest BCUT2D eigenvalue weighted by molar-refractivity contribution is 0.282. The molecule has 2 rings (SSSR count). The van der Waals surface area contributed by atoms with E-state index in [1.54, 1.807) is 12.1 Å². The lowest BCUT2D eigenvalue weighted by Crippen LogP contribution is -2.15. The molecule has 4 heteroatoms. The second kappa shape index (κ2) is 5.28. The van der Waals surface area contributed by atoms with Crippen molar-refractivity contribution in [3.8, 4) is 11.1 Å². The summed E-state index contributed by atoms with van der Waals surface area (Å²) in [7, 11) is 0. The normalized spacial score (nSPS) is 10.9. The van der Waals surface area contributed by atoms with Crippen LogP contribution in [0.3, 0.4) is 0 Å². The molecule has 1 aromatic heterocycles. The van der Waals surface area contributed by atoms with Crippen molar-refractivity contribution >= 4 is 5.69 Å². The van der Waals surface area contributed by atoms with E-state index in [9.17, 15) is 9.90 Å². The summed E-state index contributed by atoms with van der Waals surface area (Å²) in [4.78, 5) is 15.0. The smallest absolute Gasteiger partial charge is 0.256 e. The highest BCUT2D eigenvalue weighted by Crippen LogP contribution is 2.25. The molecule has 0 fully saturated rings. The summed E-state index contributed by atoms with van der Waals surface area (Å²) >= 11 is 0. The maximum Gasteiger partial charge on any atom is 0.256 e. The first-order chi connectivity index (χ1) is 9.04. The van der Waals surface area contributed by atoms with Crippen molar-refractivity contribution in [3.05, 3.63) is 51.9 Å². The number of nitrogens with one attached hydrogen (secondary N) is 1. The first kappa shape index (κ1) is 13.4. The molecule has 0 saturated carbocycles. The number of aromatic amines is 1. The third-order valence-electron chi connectivity index (χ3n) is 3.16. The Morgan fingerprint density at radius 1 is 1.26 bits per heavy atom. The van der Waals surface area contributed by atoms with Crippen molar-refractivity contribution in [3.63, 3.8) is 0 Å². The highest BCUT2D eigenvalue weighted by atomic mass is 16.3. The van der Waals surface area contributed by atoms with Crippen molar-refractivity contribution in [1.82, 2.24) is 4.98 Å². The first-order valence-electron chi connectivity index (χ1n) is 6.26. The Hall–Kier alpha value is -2.07. The second-order valence-corrected chi connectivity index (χ2v) is 4.85. The van der Waals surface area contributed by atoms with E-state index in [1.807, 2.05) is 32.0 Å². The molecule has 19 heavy (non-hydrogen) atoms. The van der Waals surface area contributed by atoms with Gasteiger partial charge in [-0.05, 0) is 23.1 Å². The Bertz CT molecular complexity index is 645. The number of aromatic nitrogens is 1. The van der Waals surface area contributed by atoms with Crippen molar-refractivity contribution in [2.24, 2.45) is 0 Å². The van der Waals surface area contributed by atoms with Crippen LogP contribution in [0.1, 0.15) is 31.0 Å². The van der Waals surface area contributed by atoms with Crippen LogP contribution in [0.25, 0.3) is 11.1 Å². The van der Waals surface area contributed by atoms with E-state index in [0.29, 0.717) is 22.4 Å². The molecule has 0 atom stereocenters. The van der Waals surface area contributed by atoms with Crippen LogP contribution >= 0.6 is 0 Å². The minimum Gasteiger partial charge on any atom is -0.397 e. The van der Waals surface area contributed by atoms with E-state index in [2.05, 4.69) is 4.98 Å². The Morgan fingerprint density at radius 2 is 1.95 bits per heavy atom. The molecule has 1 aromatic carbocycles. The predicted molar refractivity (Wildman–Crippen MR) is 76.9 cm³/mol. The fourth-order valence-electron chi connectivity index (χ4n) is 2.16. The molecule has 0 unspecified atom stereocenters. The van der Waals surface area contributed by atoms with Crippen LogP contribution in [-0.2, 0) is 6.61 Å². The van der Waals surface area contributed by atoms with Gasteiger partial charge in [0, 0.05) is 11.3 Å². The average Bonchev–Trinajstić information content (AvgIpc) is 2.40. The van der Waals surface area contributed by atoms with E-state index in [-0.39, 0.29) is 18.1 Å². The third kappa shape index (κ3) is 2.53. The zero-order chi connectivity index (χ0) is 14.0. The Morgan fingerprint density at radius 3 is 2.58 bits per heavy atom. The molecule has 0 amide bonds. The fourth-order valence-corrected chi connectivity index (χ4v) is 2.16. The average molecular weight is 258 g/mol. The van der Waals surface area contributed by atoms with Crippen LogP contribution in [-0.4, -0.2) is 10.1 Å². The number of nitrogen functional groups attached to an aromatic ring is 1. The molecule has 0 saturated heterocycles. The molecule has 2 aromatic rings. The van der Waals surface area contributed by atoms with Crippen molar-refractivity contribution in [2.75, 3.05) is 5.73 Å². The molecule has 0 radical (unpaired) electrons. The molecule has 1 heterocycles. The zero-order valence-electron chi connectivity index (χ0n) is 11.1. The minimum absolute atomic E-state index is 0.110. The quantitative estimate of drug-likeness (QED) is 0.790. The maximum absolute atomic E-state index is 12.2. The lowest BCUT2D eigenvalue weighted by Gasteiger charge is -2.12. The molecule has 0 aliphatic carbocycles. The molecule has 0 bridgehead atoms. The number of rotatable bonds is 3. The topological polar surface area (TPSA) is 79.1 Å². The Balaban J connectivity index is 2.64. The van der Waals surface area contributed by atoms with Gasteiger partial charge in [0.2, 0.25) is 0 Å². The van der Waals surface area contributed by atoms with Crippen molar-refractivity contribution in [2.45, 2.75) is 26.4 Å². The third-order valence-corrected chi connectivity index (χ3v) is 3.16. The van der Waals surface area contributed by atoms with E-state index < -0.39 is 0 Å². The van der Waals surface area contributed by atoms with E-state index >= 15 is 0 Å². The summed E-state index contributed by atoms with van der Waals surface area (Å²) < 4.78 is 0. The largest absolute Gasteiger partial charge is 0.397 e. The summed E-state index contributed by atoms with van der Waals surface area (Å²) in [5.74, 6) is 0.162. The molecule has 4 N–H and O–H groups in total. The SMILES string of the molecule is CC(C)c1[nH]c(=O)c(-c2ccccc2CO)cc1N. The van der Waals surface area contributed by atoms with Crippen LogP contribution < -0.4 is 11.3 Å². The Labute approximate surface area is 111 Å². The monoisotopic (exact) mass is 258 g/mol. The van der Waals surface area contributed by atoms with Crippen LogP contribution in [0, 0.1) is 0 Å². The van der Waals surface area contributed by atoms with Gasteiger partial charge in [-0.25, -0.2) is 0 Å². The van der Waals surface area contributed by atoms with E-state index in [1.165, 1.54) is 0 Å². The van der Waals surface area contributed by atoms with Crippen molar-refractivity contribution < 1.29 is 5.11 Å². The predicted octanol–water partition coefficient (Wildman–Crippen LogP) is 2.24. The maximum atomic E-state index is 12.2. The zero-order valence-corrected chi connectivity index (χ0v) is 11.1. The number of benzene rings is 1. The summed E-state index contributed by atoms with van der Waals surface area (Å²) in [6, 6.07) is 8.95. The molecule has 100 valence electrons. The fraction of sp³-hybridized carbons (Fsp3) is 0.267. The number of hydrogen-bond donors (Lipinski definition) is 3. The molecular formula is C15H18N2O2. The minimum atomic E-state index is -0.182. The Kier molecular flexibility index (Phi) is 3.71. The molecular weight excluding hydrogens is 240 g/mol. The first-order valence-corrected chi connectivity index (χ1v) is 6.26. The van der Waals surface area contributed by atoms with Gasteiger partial charge in [-0.1, -0.05) is 38.1 Å². The van der Waals surface area contributed by atoms with Crippen molar-refractivity contribution in [1.29, 1.82) is 0 Å². The number of nitrogens with two attached hydrogens (primary N) is 1. The molecule has 4 nitrogen and oxygen atoms in total. The molecule has 0 spiro atoms. The van der Waals surface area contributed by atoms with E-state index in [0.717, 1.165) is 5.69 Å². The highest BCUT2D eigenvalue weighted by Gasteiger charge is 2.12. The van der Waals surface area contributed by atoms with Crippen LogP contribution in [0.2, 0.25) is 0 Å². The highest BCUT2D eigenvalue weighted by molar-refractivity contribution is 5.70. The van der Waals surface area contributed by atoms with Crippen LogP contribution in [0.15, 0.2) is 35.1 Å². The second-order valence-electron chi connectivity index (χ2n) is 4.85. The molecule has 0 aliphatic heterocycles. The number of hydrogen-bond acceptors (Lipinski definition) is 3. The van der Waals surface area contributed by atoms with Crippen LogP contribution in [0.5, 0.6) is 0 Å². The molecule has 0 aliphatic rings. The van der Waals surface area contributed by atoms with Gasteiger partial charge >= 0.3 is 0 Å². The number of anilines is 1. The van der Waals surface area contributed by atoms with Crippen LogP contribution in [0.4, 0.5) is 5.69 Å². The number of H-pyrrole nitrogens is 1. The standard InChI is InChI=1S/C15H18N2O2/c1-9(2)14-13(16)7-12(15(19)17-14)11-6-4-3-5-10(11)8-18/h3-7,9,18H,8,16H2,1-2H3,(H,17,19). The van der Waals surface area contributed by atoms with Gasteiger partial charge < -0.3 is 15.8 Å². The van der Waals surface area contributed by atoms with E-state index in [4.69, 9.17) is 5.73 Å². The summed E-state index contributed by atoms with van der Waals surface area (Å²) in [6.45, 7) is 3.84. The van der Waals surface area contributed by atoms with Gasteiger partial charge in [-0.2, -0.15) is 0 Å². The lowest BCUT2D eigenvalue weighted by atomic mass is 9.99. The summed E-state index contributed by atoms with van der Waals surface area (Å²) in [6.07, 6.45) is 0. The van der Waals surface area contributed by atoms with Gasteiger partial charge in [0.1, 0.15) is 0 Å². The van der Waals surface area contributed by atoms with Gasteiger partial charge in [0.05, 0.1) is 12.3 Å². The van der Waals surface area contributed by atoms with Gasteiger partial charge in [0.25, 0.3) is 5.56 Å².